The molecule has 0 saturated heterocycles. The number of hydrogen-bond donors (Lipinski definition) is 1. The predicted molar refractivity (Wildman–Crippen MR) is 104 cm³/mol. The second-order valence-electron chi connectivity index (χ2n) is 6.79. The molecular weight excluding hydrogens is 454 g/mol. The van der Waals surface area contributed by atoms with E-state index in [1.54, 1.807) is 0 Å². The van der Waals surface area contributed by atoms with Crippen molar-refractivity contribution in [1.29, 1.82) is 0 Å². The molecule has 0 fully saturated rings. The first-order chi connectivity index (χ1) is 15.5. The molecule has 1 N–H and O–H groups in total. The normalized spacial score (nSPS) is 12.5. The van der Waals surface area contributed by atoms with Crippen LogP contribution in [0.3, 0.4) is 0 Å². The van der Waals surface area contributed by atoms with E-state index in [1.807, 2.05) is 0 Å². The standard InChI is InChI=1S/C21H16F6N4O2/c1-11(18-19(29-5-4-28-18)16-3-2-14(22)9-30-16)31-20(32)12-6-13(21(25,26)27)8-15(7-12)33-10-17(23)24/h2-9,11,17H,10H2,1H3,(H,31,32). The highest BCUT2D eigenvalue weighted by atomic mass is 19.4. The van der Waals surface area contributed by atoms with Gasteiger partial charge in [0.25, 0.3) is 12.3 Å². The number of benzene rings is 1. The van der Waals surface area contributed by atoms with Crippen molar-refractivity contribution < 1.29 is 35.9 Å². The summed E-state index contributed by atoms with van der Waals surface area (Å²) in [5, 5.41) is 2.49. The van der Waals surface area contributed by atoms with Crippen molar-refractivity contribution in [1.82, 2.24) is 20.3 Å². The first-order valence-corrected chi connectivity index (χ1v) is 9.41. The third-order valence-electron chi connectivity index (χ3n) is 4.33. The van der Waals surface area contributed by atoms with Crippen LogP contribution in [0.25, 0.3) is 11.4 Å². The smallest absolute Gasteiger partial charge is 0.416 e. The zero-order valence-electron chi connectivity index (χ0n) is 16.9. The molecular formula is C21H16F6N4O2. The van der Waals surface area contributed by atoms with Crippen LogP contribution in [0.5, 0.6) is 5.75 Å². The first-order valence-electron chi connectivity index (χ1n) is 9.41. The van der Waals surface area contributed by atoms with Gasteiger partial charge in [0.15, 0.2) is 0 Å². The lowest BCUT2D eigenvalue weighted by atomic mass is 10.1. The molecule has 0 radical (unpaired) electrons. The van der Waals surface area contributed by atoms with Crippen LogP contribution >= 0.6 is 0 Å². The molecule has 0 saturated carbocycles. The summed E-state index contributed by atoms with van der Waals surface area (Å²) in [6, 6.07) is 3.71. The summed E-state index contributed by atoms with van der Waals surface area (Å²) in [6.07, 6.45) is -4.08. The van der Waals surface area contributed by atoms with Gasteiger partial charge < -0.3 is 10.1 Å². The Balaban J connectivity index is 1.88. The lowest BCUT2D eigenvalue weighted by molar-refractivity contribution is -0.137. The fourth-order valence-corrected chi connectivity index (χ4v) is 2.86. The Morgan fingerprint density at radius 3 is 2.45 bits per heavy atom. The maximum atomic E-state index is 13.2. The van der Waals surface area contributed by atoms with Crippen LogP contribution in [0.1, 0.15) is 34.6 Å². The third-order valence-corrected chi connectivity index (χ3v) is 4.33. The van der Waals surface area contributed by atoms with Crippen molar-refractivity contribution in [2.75, 3.05) is 6.61 Å². The van der Waals surface area contributed by atoms with Crippen molar-refractivity contribution in [2.24, 2.45) is 0 Å². The summed E-state index contributed by atoms with van der Waals surface area (Å²) in [6.45, 7) is 0.378. The number of alkyl halides is 5. The van der Waals surface area contributed by atoms with Gasteiger partial charge in [0.05, 0.1) is 29.2 Å². The quantitative estimate of drug-likeness (QED) is 0.501. The summed E-state index contributed by atoms with van der Waals surface area (Å²) >= 11 is 0. The molecule has 6 nitrogen and oxygen atoms in total. The second-order valence-corrected chi connectivity index (χ2v) is 6.79. The lowest BCUT2D eigenvalue weighted by Gasteiger charge is -2.17. The summed E-state index contributed by atoms with van der Waals surface area (Å²) in [5.41, 5.74) is -0.960. The molecule has 3 aromatic rings. The highest BCUT2D eigenvalue weighted by Crippen LogP contribution is 2.33. The molecule has 0 spiro atoms. The van der Waals surface area contributed by atoms with Crippen LogP contribution in [0.2, 0.25) is 0 Å². The van der Waals surface area contributed by atoms with E-state index < -0.39 is 53.9 Å². The molecule has 0 aliphatic heterocycles. The van der Waals surface area contributed by atoms with Crippen molar-refractivity contribution >= 4 is 5.91 Å². The molecule has 1 aromatic carbocycles. The van der Waals surface area contributed by atoms with Crippen molar-refractivity contribution in [3.8, 4) is 17.1 Å². The minimum atomic E-state index is -4.84. The number of nitrogens with zero attached hydrogens (tertiary/aromatic N) is 3. The van der Waals surface area contributed by atoms with Gasteiger partial charge in [-0.1, -0.05) is 0 Å². The van der Waals surface area contributed by atoms with Gasteiger partial charge in [-0.05, 0) is 37.3 Å². The molecule has 12 heteroatoms. The summed E-state index contributed by atoms with van der Waals surface area (Å²) in [5.74, 6) is -2.03. The van der Waals surface area contributed by atoms with E-state index in [4.69, 9.17) is 0 Å². The molecule has 1 amide bonds. The zero-order chi connectivity index (χ0) is 24.2. The molecule has 33 heavy (non-hydrogen) atoms. The summed E-state index contributed by atoms with van der Waals surface area (Å²) < 4.78 is 82.3. The fraction of sp³-hybridized carbons (Fsp3) is 0.238. The lowest BCUT2D eigenvalue weighted by Crippen LogP contribution is -2.28. The minimum Gasteiger partial charge on any atom is -0.488 e. The van der Waals surface area contributed by atoms with Crippen molar-refractivity contribution in [3.05, 3.63) is 71.6 Å². The van der Waals surface area contributed by atoms with Gasteiger partial charge >= 0.3 is 6.18 Å². The number of rotatable bonds is 7. The number of pyridine rings is 1. The number of aromatic nitrogens is 3. The molecule has 2 heterocycles. The molecule has 1 atom stereocenters. The number of ether oxygens (including phenoxy) is 1. The number of hydrogen-bond acceptors (Lipinski definition) is 5. The SMILES string of the molecule is CC(NC(=O)c1cc(OCC(F)F)cc(C(F)(F)F)c1)c1nccnc1-c1ccc(F)cn1. The van der Waals surface area contributed by atoms with Gasteiger partial charge in [-0.15, -0.1) is 0 Å². The van der Waals surface area contributed by atoms with Gasteiger partial charge in [-0.3, -0.25) is 19.7 Å². The van der Waals surface area contributed by atoms with Gasteiger partial charge in [-0.25, -0.2) is 13.2 Å². The second kappa shape index (κ2) is 9.84. The number of carbonyl (C=O) groups excluding carboxylic acids is 1. The Bertz CT molecular complexity index is 1120. The van der Waals surface area contributed by atoms with Gasteiger partial charge in [0.2, 0.25) is 0 Å². The largest absolute Gasteiger partial charge is 0.488 e. The Morgan fingerprint density at radius 1 is 1.09 bits per heavy atom. The summed E-state index contributed by atoms with van der Waals surface area (Å²) in [4.78, 5) is 24.9. The highest BCUT2D eigenvalue weighted by Gasteiger charge is 2.32. The Morgan fingerprint density at radius 2 is 1.82 bits per heavy atom. The third kappa shape index (κ3) is 6.18. The van der Waals surface area contributed by atoms with E-state index in [2.05, 4.69) is 25.0 Å². The van der Waals surface area contributed by atoms with E-state index in [9.17, 15) is 31.1 Å². The number of halogens is 6. The van der Waals surface area contributed by atoms with Crippen LogP contribution in [0, 0.1) is 5.82 Å². The Labute approximate surface area is 183 Å². The van der Waals surface area contributed by atoms with E-state index in [-0.39, 0.29) is 17.1 Å². The fourth-order valence-electron chi connectivity index (χ4n) is 2.86. The van der Waals surface area contributed by atoms with E-state index >= 15 is 0 Å². The molecule has 0 bridgehead atoms. The van der Waals surface area contributed by atoms with Crippen LogP contribution in [-0.4, -0.2) is 33.9 Å². The maximum absolute atomic E-state index is 13.2. The maximum Gasteiger partial charge on any atom is 0.416 e. The van der Waals surface area contributed by atoms with Crippen LogP contribution < -0.4 is 10.1 Å². The van der Waals surface area contributed by atoms with Crippen molar-refractivity contribution in [3.63, 3.8) is 0 Å². The molecule has 0 aliphatic carbocycles. The molecule has 1 unspecified atom stereocenters. The average Bonchev–Trinajstić information content (AvgIpc) is 2.77. The van der Waals surface area contributed by atoms with Gasteiger partial charge in [0, 0.05) is 18.0 Å². The van der Waals surface area contributed by atoms with E-state index in [1.165, 1.54) is 25.4 Å². The Kier molecular flexibility index (Phi) is 7.14. The van der Waals surface area contributed by atoms with Gasteiger partial charge in [0.1, 0.15) is 23.9 Å². The first kappa shape index (κ1) is 24.0. The topological polar surface area (TPSA) is 77.0 Å². The van der Waals surface area contributed by atoms with Crippen molar-refractivity contribution in [2.45, 2.75) is 25.6 Å². The minimum absolute atomic E-state index is 0.228. The zero-order valence-corrected chi connectivity index (χ0v) is 16.9. The van der Waals surface area contributed by atoms with Crippen LogP contribution in [-0.2, 0) is 6.18 Å². The number of nitrogens with one attached hydrogen (secondary N) is 1. The molecule has 2 aromatic heterocycles. The monoisotopic (exact) mass is 470 g/mol. The summed E-state index contributed by atoms with van der Waals surface area (Å²) in [7, 11) is 0. The highest BCUT2D eigenvalue weighted by molar-refractivity contribution is 5.95. The van der Waals surface area contributed by atoms with Crippen LogP contribution in [0.15, 0.2) is 48.9 Å². The molecule has 0 aliphatic rings. The number of carbonyl (C=O) groups is 1. The Hall–Kier alpha value is -3.70. The van der Waals surface area contributed by atoms with E-state index in [0.29, 0.717) is 12.1 Å². The number of amides is 1. The molecule has 174 valence electrons. The van der Waals surface area contributed by atoms with Crippen LogP contribution in [0.4, 0.5) is 26.3 Å². The molecule has 3 rings (SSSR count). The van der Waals surface area contributed by atoms with Gasteiger partial charge in [-0.2, -0.15) is 13.2 Å². The predicted octanol–water partition coefficient (Wildman–Crippen LogP) is 4.83. The van der Waals surface area contributed by atoms with E-state index in [0.717, 1.165) is 18.3 Å². The average molecular weight is 470 g/mol.